The molecule has 1 aromatic carbocycles. The highest BCUT2D eigenvalue weighted by atomic mass is 16.6. The van der Waals surface area contributed by atoms with E-state index in [-0.39, 0.29) is 28.3 Å². The van der Waals surface area contributed by atoms with Gasteiger partial charge in [-0.2, -0.15) is 0 Å². The minimum Gasteiger partial charge on any atom is -0.398 e. The molecule has 1 aromatic rings. The average Bonchev–Trinajstić information content (AvgIpc) is 2.69. The van der Waals surface area contributed by atoms with E-state index in [1.165, 1.54) is 18.2 Å². The summed E-state index contributed by atoms with van der Waals surface area (Å²) < 4.78 is 0. The number of nitro groups is 1. The van der Waals surface area contributed by atoms with Gasteiger partial charge in [-0.15, -0.1) is 0 Å². The highest BCUT2D eigenvalue weighted by Gasteiger charge is 2.33. The van der Waals surface area contributed by atoms with Gasteiger partial charge in [0, 0.05) is 30.9 Å². The molecular weight excluding hydrogens is 246 g/mol. The van der Waals surface area contributed by atoms with Crippen molar-refractivity contribution in [1.29, 1.82) is 0 Å². The predicted octanol–water partition coefficient (Wildman–Crippen LogP) is 2.05. The molecule has 2 rings (SSSR count). The fourth-order valence-electron chi connectivity index (χ4n) is 2.30. The molecule has 0 saturated carbocycles. The van der Waals surface area contributed by atoms with Crippen LogP contribution in [0.15, 0.2) is 18.2 Å². The highest BCUT2D eigenvalue weighted by Crippen LogP contribution is 2.31. The first-order valence-electron chi connectivity index (χ1n) is 6.13. The van der Waals surface area contributed by atoms with Crippen molar-refractivity contribution in [3.05, 3.63) is 33.9 Å². The number of nitrogen functional groups attached to an aromatic ring is 1. The molecule has 0 aliphatic carbocycles. The van der Waals surface area contributed by atoms with Crippen LogP contribution in [0.4, 0.5) is 11.4 Å². The zero-order chi connectivity index (χ0) is 14.2. The highest BCUT2D eigenvalue weighted by molar-refractivity contribution is 6.00. The van der Waals surface area contributed by atoms with E-state index in [9.17, 15) is 14.9 Å². The van der Waals surface area contributed by atoms with Crippen molar-refractivity contribution in [2.24, 2.45) is 5.41 Å². The molecule has 0 aromatic heterocycles. The lowest BCUT2D eigenvalue weighted by Crippen LogP contribution is -2.30. The minimum absolute atomic E-state index is 0.0884. The van der Waals surface area contributed by atoms with Crippen LogP contribution in [0.1, 0.15) is 30.6 Å². The maximum atomic E-state index is 12.4. The number of hydrogen-bond acceptors (Lipinski definition) is 4. The maximum Gasteiger partial charge on any atom is 0.270 e. The lowest BCUT2D eigenvalue weighted by molar-refractivity contribution is -0.384. The summed E-state index contributed by atoms with van der Waals surface area (Å²) in [4.78, 5) is 24.3. The maximum absolute atomic E-state index is 12.4. The van der Waals surface area contributed by atoms with Gasteiger partial charge in [0.15, 0.2) is 0 Å². The molecule has 1 saturated heterocycles. The first-order chi connectivity index (χ1) is 8.80. The van der Waals surface area contributed by atoms with Crippen LogP contribution in [0.5, 0.6) is 0 Å². The molecule has 6 heteroatoms. The Morgan fingerprint density at radius 2 is 2.16 bits per heavy atom. The number of rotatable bonds is 2. The number of benzene rings is 1. The Bertz CT molecular complexity index is 540. The van der Waals surface area contributed by atoms with Crippen molar-refractivity contribution in [3.8, 4) is 0 Å². The third-order valence-electron chi connectivity index (χ3n) is 3.44. The van der Waals surface area contributed by atoms with Gasteiger partial charge in [0.05, 0.1) is 10.5 Å². The predicted molar refractivity (Wildman–Crippen MR) is 71.8 cm³/mol. The number of carbonyl (C=O) groups is 1. The van der Waals surface area contributed by atoms with Gasteiger partial charge < -0.3 is 10.6 Å². The Kier molecular flexibility index (Phi) is 3.18. The summed E-state index contributed by atoms with van der Waals surface area (Å²) in [6, 6.07) is 3.97. The summed E-state index contributed by atoms with van der Waals surface area (Å²) >= 11 is 0. The molecule has 6 nitrogen and oxygen atoms in total. The van der Waals surface area contributed by atoms with E-state index in [4.69, 9.17) is 5.73 Å². The van der Waals surface area contributed by atoms with Gasteiger partial charge in [0.25, 0.3) is 11.6 Å². The van der Waals surface area contributed by atoms with Crippen molar-refractivity contribution < 1.29 is 9.72 Å². The standard InChI is InChI=1S/C13H17N3O3/c1-13(2)5-6-15(8-13)12(17)10-7-9(16(18)19)3-4-11(10)14/h3-4,7H,5-6,8,14H2,1-2H3. The number of non-ortho nitro benzene ring substituents is 1. The third kappa shape index (κ3) is 2.67. The zero-order valence-corrected chi connectivity index (χ0v) is 11.0. The SMILES string of the molecule is CC1(C)CCN(C(=O)c2cc([N+](=O)[O-])ccc2N)C1. The first-order valence-corrected chi connectivity index (χ1v) is 6.13. The summed E-state index contributed by atoms with van der Waals surface area (Å²) in [5, 5.41) is 10.8. The van der Waals surface area contributed by atoms with E-state index in [1.54, 1.807) is 4.90 Å². The zero-order valence-electron chi connectivity index (χ0n) is 11.0. The van der Waals surface area contributed by atoms with Crippen molar-refractivity contribution in [1.82, 2.24) is 4.90 Å². The molecule has 102 valence electrons. The Morgan fingerprint density at radius 1 is 1.47 bits per heavy atom. The summed E-state index contributed by atoms with van der Waals surface area (Å²) in [6.07, 6.45) is 0.924. The average molecular weight is 263 g/mol. The van der Waals surface area contributed by atoms with E-state index in [0.29, 0.717) is 13.1 Å². The number of likely N-dealkylation sites (tertiary alicyclic amines) is 1. The summed E-state index contributed by atoms with van der Waals surface area (Å²) in [6.45, 7) is 5.50. The molecule has 19 heavy (non-hydrogen) atoms. The van der Waals surface area contributed by atoms with Crippen LogP contribution in [-0.2, 0) is 0 Å². The number of nitrogens with zero attached hydrogens (tertiary/aromatic N) is 2. The molecule has 0 unspecified atom stereocenters. The number of anilines is 1. The second-order valence-electron chi connectivity index (χ2n) is 5.67. The van der Waals surface area contributed by atoms with E-state index in [0.717, 1.165) is 6.42 Å². The lowest BCUT2D eigenvalue weighted by atomic mass is 9.93. The van der Waals surface area contributed by atoms with Crippen molar-refractivity contribution in [2.45, 2.75) is 20.3 Å². The van der Waals surface area contributed by atoms with Crippen LogP contribution >= 0.6 is 0 Å². The Labute approximate surface area is 111 Å². The van der Waals surface area contributed by atoms with Gasteiger partial charge in [-0.25, -0.2) is 0 Å². The molecule has 1 amide bonds. The lowest BCUT2D eigenvalue weighted by Gasteiger charge is -2.20. The Hall–Kier alpha value is -2.11. The van der Waals surface area contributed by atoms with Crippen LogP contribution < -0.4 is 5.73 Å². The minimum atomic E-state index is -0.524. The monoisotopic (exact) mass is 263 g/mol. The molecule has 1 aliphatic rings. The van der Waals surface area contributed by atoms with Crippen molar-refractivity contribution in [3.63, 3.8) is 0 Å². The molecule has 1 heterocycles. The fourth-order valence-corrected chi connectivity index (χ4v) is 2.30. The van der Waals surface area contributed by atoms with Gasteiger partial charge in [-0.3, -0.25) is 14.9 Å². The van der Waals surface area contributed by atoms with Crippen LogP contribution in [0, 0.1) is 15.5 Å². The van der Waals surface area contributed by atoms with E-state index in [2.05, 4.69) is 13.8 Å². The summed E-state index contributed by atoms with van der Waals surface area (Å²) in [7, 11) is 0. The third-order valence-corrected chi connectivity index (χ3v) is 3.44. The summed E-state index contributed by atoms with van der Waals surface area (Å²) in [5.74, 6) is -0.230. The van der Waals surface area contributed by atoms with E-state index in [1.807, 2.05) is 0 Å². The molecule has 0 spiro atoms. The normalized spacial score (nSPS) is 17.5. The van der Waals surface area contributed by atoms with Gasteiger partial charge >= 0.3 is 0 Å². The van der Waals surface area contributed by atoms with E-state index < -0.39 is 4.92 Å². The molecule has 1 fully saturated rings. The molecule has 0 bridgehead atoms. The van der Waals surface area contributed by atoms with Crippen LogP contribution in [0.3, 0.4) is 0 Å². The fraction of sp³-hybridized carbons (Fsp3) is 0.462. The first kappa shape index (κ1) is 13.3. The van der Waals surface area contributed by atoms with Crippen LogP contribution in [0.2, 0.25) is 0 Å². The number of nitro benzene ring substituents is 1. The second-order valence-corrected chi connectivity index (χ2v) is 5.67. The molecule has 0 radical (unpaired) electrons. The smallest absolute Gasteiger partial charge is 0.270 e. The Balaban J connectivity index is 2.29. The largest absolute Gasteiger partial charge is 0.398 e. The van der Waals surface area contributed by atoms with Gasteiger partial charge in [0.2, 0.25) is 0 Å². The van der Waals surface area contributed by atoms with Crippen molar-refractivity contribution >= 4 is 17.3 Å². The molecule has 0 atom stereocenters. The summed E-state index contributed by atoms with van der Waals surface area (Å²) in [5.41, 5.74) is 6.22. The van der Waals surface area contributed by atoms with Gasteiger partial charge in [-0.05, 0) is 17.9 Å². The topological polar surface area (TPSA) is 89.5 Å². The number of amides is 1. The van der Waals surface area contributed by atoms with Crippen LogP contribution in [0.25, 0.3) is 0 Å². The van der Waals surface area contributed by atoms with Crippen molar-refractivity contribution in [2.75, 3.05) is 18.8 Å². The number of hydrogen-bond donors (Lipinski definition) is 1. The van der Waals surface area contributed by atoms with Crippen LogP contribution in [-0.4, -0.2) is 28.8 Å². The van der Waals surface area contributed by atoms with Gasteiger partial charge in [0.1, 0.15) is 0 Å². The molecule has 2 N–H and O–H groups in total. The quantitative estimate of drug-likeness (QED) is 0.502. The number of carbonyl (C=O) groups excluding carboxylic acids is 1. The Morgan fingerprint density at radius 3 is 2.68 bits per heavy atom. The molecular formula is C13H17N3O3. The van der Waals surface area contributed by atoms with E-state index >= 15 is 0 Å². The second kappa shape index (κ2) is 4.53. The van der Waals surface area contributed by atoms with Gasteiger partial charge in [-0.1, -0.05) is 13.8 Å². The molecule has 1 aliphatic heterocycles. The number of nitrogens with two attached hydrogens (primary N) is 1.